The molecule has 2 N–H and O–H groups in total. The lowest BCUT2D eigenvalue weighted by Crippen LogP contribution is -2.28. The van der Waals surface area contributed by atoms with Crippen molar-refractivity contribution < 1.29 is 19.1 Å². The standard InChI is InChI=1S/C23H22N6O4/c1-15(30)25-18-7-3-17(4-8-18)23(31)24-13-14-33-21-12-11-20-26-27-22(29(20)28-21)16-5-9-19(32-2)10-6-16/h3-12H,13-14H2,1-2H3,(H,24,31)(H,25,30). The van der Waals surface area contributed by atoms with Gasteiger partial charge < -0.3 is 20.1 Å². The molecule has 2 amide bonds. The van der Waals surface area contributed by atoms with Crippen molar-refractivity contribution >= 4 is 23.1 Å². The molecule has 2 aromatic heterocycles. The van der Waals surface area contributed by atoms with Crippen molar-refractivity contribution in [3.63, 3.8) is 0 Å². The molecule has 0 atom stereocenters. The van der Waals surface area contributed by atoms with Crippen LogP contribution in [0.4, 0.5) is 5.69 Å². The van der Waals surface area contributed by atoms with Gasteiger partial charge in [0.05, 0.1) is 13.7 Å². The highest BCUT2D eigenvalue weighted by atomic mass is 16.5. The number of hydrogen-bond donors (Lipinski definition) is 2. The first-order chi connectivity index (χ1) is 16.0. The van der Waals surface area contributed by atoms with Gasteiger partial charge in [0.2, 0.25) is 11.8 Å². The highest BCUT2D eigenvalue weighted by Crippen LogP contribution is 2.21. The third-order valence-electron chi connectivity index (χ3n) is 4.69. The van der Waals surface area contributed by atoms with E-state index in [4.69, 9.17) is 9.47 Å². The number of nitrogens with zero attached hydrogens (tertiary/aromatic N) is 4. The van der Waals surface area contributed by atoms with Crippen LogP contribution in [0.1, 0.15) is 17.3 Å². The van der Waals surface area contributed by atoms with Crippen LogP contribution in [0.2, 0.25) is 0 Å². The smallest absolute Gasteiger partial charge is 0.251 e. The number of anilines is 1. The topological polar surface area (TPSA) is 120 Å². The van der Waals surface area contributed by atoms with Crippen molar-refractivity contribution in [2.45, 2.75) is 6.92 Å². The number of rotatable bonds is 8. The molecule has 0 radical (unpaired) electrons. The van der Waals surface area contributed by atoms with Gasteiger partial charge >= 0.3 is 0 Å². The predicted molar refractivity (Wildman–Crippen MR) is 121 cm³/mol. The van der Waals surface area contributed by atoms with Gasteiger partial charge in [-0.3, -0.25) is 9.59 Å². The zero-order chi connectivity index (χ0) is 23.2. The molecule has 10 nitrogen and oxygen atoms in total. The number of fused-ring (bicyclic) bond motifs is 1. The largest absolute Gasteiger partial charge is 0.497 e. The van der Waals surface area contributed by atoms with Crippen molar-refractivity contribution in [3.8, 4) is 23.0 Å². The molecule has 0 saturated carbocycles. The van der Waals surface area contributed by atoms with E-state index in [1.165, 1.54) is 6.92 Å². The van der Waals surface area contributed by atoms with Gasteiger partial charge in [-0.05, 0) is 54.6 Å². The van der Waals surface area contributed by atoms with Gasteiger partial charge in [0.1, 0.15) is 12.4 Å². The first-order valence-electron chi connectivity index (χ1n) is 10.2. The van der Waals surface area contributed by atoms with E-state index < -0.39 is 0 Å². The lowest BCUT2D eigenvalue weighted by molar-refractivity contribution is -0.114. The van der Waals surface area contributed by atoms with Gasteiger partial charge in [-0.1, -0.05) is 0 Å². The molecule has 0 fully saturated rings. The fourth-order valence-corrected chi connectivity index (χ4v) is 3.10. The fraction of sp³-hybridized carbons (Fsp3) is 0.174. The Morgan fingerprint density at radius 2 is 1.73 bits per heavy atom. The fourth-order valence-electron chi connectivity index (χ4n) is 3.10. The van der Waals surface area contributed by atoms with Crippen molar-refractivity contribution in [1.82, 2.24) is 25.1 Å². The Hall–Kier alpha value is -4.47. The van der Waals surface area contributed by atoms with Gasteiger partial charge in [0.25, 0.3) is 5.91 Å². The van der Waals surface area contributed by atoms with E-state index >= 15 is 0 Å². The molecule has 0 unspecified atom stereocenters. The van der Waals surface area contributed by atoms with Crippen LogP contribution < -0.4 is 20.1 Å². The number of aromatic nitrogens is 4. The summed E-state index contributed by atoms with van der Waals surface area (Å²) >= 11 is 0. The van der Waals surface area contributed by atoms with Gasteiger partial charge in [0.15, 0.2) is 11.5 Å². The molecule has 33 heavy (non-hydrogen) atoms. The normalized spacial score (nSPS) is 10.6. The average molecular weight is 446 g/mol. The van der Waals surface area contributed by atoms with Crippen LogP contribution in [-0.2, 0) is 4.79 Å². The molecule has 0 bridgehead atoms. The van der Waals surface area contributed by atoms with Crippen molar-refractivity contribution in [2.24, 2.45) is 0 Å². The first kappa shape index (κ1) is 21.8. The molecule has 0 aliphatic rings. The van der Waals surface area contributed by atoms with Crippen molar-refractivity contribution in [1.29, 1.82) is 0 Å². The van der Waals surface area contributed by atoms with E-state index in [2.05, 4.69) is 25.9 Å². The Kier molecular flexibility index (Phi) is 6.44. The van der Waals surface area contributed by atoms with E-state index in [9.17, 15) is 9.59 Å². The van der Waals surface area contributed by atoms with Gasteiger partial charge in [-0.15, -0.1) is 15.3 Å². The highest BCUT2D eigenvalue weighted by Gasteiger charge is 2.11. The maximum atomic E-state index is 12.3. The third kappa shape index (κ3) is 5.24. The molecule has 0 aliphatic carbocycles. The summed E-state index contributed by atoms with van der Waals surface area (Å²) in [5.41, 5.74) is 2.54. The molecule has 0 aliphatic heterocycles. The van der Waals surface area contributed by atoms with Crippen LogP contribution in [0.25, 0.3) is 17.0 Å². The third-order valence-corrected chi connectivity index (χ3v) is 4.69. The molecule has 4 rings (SSSR count). The van der Waals surface area contributed by atoms with Crippen LogP contribution in [0.5, 0.6) is 11.6 Å². The van der Waals surface area contributed by atoms with Gasteiger partial charge in [0, 0.05) is 29.8 Å². The van der Waals surface area contributed by atoms with E-state index in [1.807, 2.05) is 24.3 Å². The quantitative estimate of drug-likeness (QED) is 0.399. The average Bonchev–Trinajstić information content (AvgIpc) is 3.25. The van der Waals surface area contributed by atoms with Crippen LogP contribution in [-0.4, -0.2) is 51.9 Å². The number of benzene rings is 2. The van der Waals surface area contributed by atoms with Crippen LogP contribution >= 0.6 is 0 Å². The summed E-state index contributed by atoms with van der Waals surface area (Å²) in [5, 5.41) is 18.2. The molecule has 2 heterocycles. The number of carbonyl (C=O) groups excluding carboxylic acids is 2. The monoisotopic (exact) mass is 446 g/mol. The molecule has 10 heteroatoms. The van der Waals surface area contributed by atoms with E-state index in [-0.39, 0.29) is 18.4 Å². The predicted octanol–water partition coefficient (Wildman–Crippen LogP) is 2.57. The number of methoxy groups -OCH3 is 1. The zero-order valence-electron chi connectivity index (χ0n) is 18.1. The Balaban J connectivity index is 1.34. The van der Waals surface area contributed by atoms with Crippen LogP contribution in [0.3, 0.4) is 0 Å². The number of hydrogen-bond acceptors (Lipinski definition) is 7. The highest BCUT2D eigenvalue weighted by molar-refractivity contribution is 5.95. The first-order valence-corrected chi connectivity index (χ1v) is 10.2. The summed E-state index contributed by atoms with van der Waals surface area (Å²) in [7, 11) is 1.61. The Bertz CT molecular complexity index is 1270. The second kappa shape index (κ2) is 9.77. The minimum Gasteiger partial charge on any atom is -0.497 e. The number of nitrogens with one attached hydrogen (secondary N) is 2. The molecule has 0 spiro atoms. The minimum absolute atomic E-state index is 0.168. The summed E-state index contributed by atoms with van der Waals surface area (Å²) in [6.45, 7) is 1.95. The SMILES string of the molecule is COc1ccc(-c2nnc3ccc(OCCNC(=O)c4ccc(NC(C)=O)cc4)nn23)cc1. The lowest BCUT2D eigenvalue weighted by Gasteiger charge is -2.08. The molecule has 4 aromatic rings. The summed E-state index contributed by atoms with van der Waals surface area (Å²) < 4.78 is 12.5. The van der Waals surface area contributed by atoms with Gasteiger partial charge in [-0.2, -0.15) is 4.52 Å². The second-order valence-electron chi connectivity index (χ2n) is 7.06. The number of amides is 2. The second-order valence-corrected chi connectivity index (χ2v) is 7.06. The summed E-state index contributed by atoms with van der Waals surface area (Å²) in [6.07, 6.45) is 0. The van der Waals surface area contributed by atoms with Crippen LogP contribution in [0, 0.1) is 0 Å². The van der Waals surface area contributed by atoms with Crippen molar-refractivity contribution in [3.05, 3.63) is 66.2 Å². The van der Waals surface area contributed by atoms with E-state index in [0.717, 1.165) is 11.3 Å². The molecular formula is C23H22N6O4. The zero-order valence-corrected chi connectivity index (χ0v) is 18.1. The maximum absolute atomic E-state index is 12.3. The molecular weight excluding hydrogens is 424 g/mol. The summed E-state index contributed by atoms with van der Waals surface area (Å²) in [5.74, 6) is 1.30. The Labute approximate surface area is 189 Å². The Morgan fingerprint density at radius 1 is 0.970 bits per heavy atom. The van der Waals surface area contributed by atoms with Crippen molar-refractivity contribution in [2.75, 3.05) is 25.6 Å². The van der Waals surface area contributed by atoms with E-state index in [1.54, 1.807) is 48.0 Å². The maximum Gasteiger partial charge on any atom is 0.251 e. The molecule has 168 valence electrons. The molecule has 0 saturated heterocycles. The Morgan fingerprint density at radius 3 is 2.42 bits per heavy atom. The number of carbonyl (C=O) groups is 2. The minimum atomic E-state index is -0.239. The van der Waals surface area contributed by atoms with Gasteiger partial charge in [-0.25, -0.2) is 0 Å². The molecule has 2 aromatic carbocycles. The van der Waals surface area contributed by atoms with E-state index in [0.29, 0.717) is 35.1 Å². The van der Waals surface area contributed by atoms with Crippen LogP contribution in [0.15, 0.2) is 60.7 Å². The summed E-state index contributed by atoms with van der Waals surface area (Å²) in [4.78, 5) is 23.4. The lowest BCUT2D eigenvalue weighted by atomic mass is 10.2. The number of ether oxygens (including phenoxy) is 2. The summed E-state index contributed by atoms with van der Waals surface area (Å²) in [6, 6.07) is 17.5.